The third-order valence-electron chi connectivity index (χ3n) is 6.30. The molecule has 36 heavy (non-hydrogen) atoms. The summed E-state index contributed by atoms with van der Waals surface area (Å²) in [5, 5.41) is 2.92. The summed E-state index contributed by atoms with van der Waals surface area (Å²) in [6, 6.07) is 23.4. The smallest absolute Gasteiger partial charge is 0.269 e. The lowest BCUT2D eigenvalue weighted by atomic mass is 9.88. The van der Waals surface area contributed by atoms with Crippen LogP contribution in [0.15, 0.2) is 78.9 Å². The van der Waals surface area contributed by atoms with Gasteiger partial charge in [0.2, 0.25) is 5.91 Å². The van der Waals surface area contributed by atoms with Crippen LogP contribution >= 0.6 is 0 Å². The number of anilines is 1. The van der Waals surface area contributed by atoms with E-state index in [1.54, 1.807) is 48.5 Å². The molecule has 0 spiro atoms. The van der Waals surface area contributed by atoms with E-state index in [0.717, 1.165) is 32.1 Å². The highest BCUT2D eigenvalue weighted by atomic mass is 16.5. The van der Waals surface area contributed by atoms with Gasteiger partial charge in [-0.25, -0.2) is 0 Å². The summed E-state index contributed by atoms with van der Waals surface area (Å²) in [6.45, 7) is 0.536. The van der Waals surface area contributed by atoms with Crippen molar-refractivity contribution in [2.75, 3.05) is 11.9 Å². The third kappa shape index (κ3) is 7.18. The molecule has 0 aromatic heterocycles. The van der Waals surface area contributed by atoms with E-state index in [2.05, 4.69) is 28.3 Å². The number of amides is 3. The van der Waals surface area contributed by atoms with Crippen molar-refractivity contribution < 1.29 is 19.1 Å². The van der Waals surface area contributed by atoms with Gasteiger partial charge < -0.3 is 10.1 Å². The third-order valence-corrected chi connectivity index (χ3v) is 6.30. The molecule has 3 amide bonds. The number of hydrogen-bond acceptors (Lipinski definition) is 4. The van der Waals surface area contributed by atoms with E-state index in [0.29, 0.717) is 29.2 Å². The summed E-state index contributed by atoms with van der Waals surface area (Å²) in [4.78, 5) is 37.2. The van der Waals surface area contributed by atoms with E-state index in [9.17, 15) is 14.4 Å². The second-order valence-electron chi connectivity index (χ2n) is 8.92. The summed E-state index contributed by atoms with van der Waals surface area (Å²) >= 11 is 0. The highest BCUT2D eigenvalue weighted by molar-refractivity contribution is 5.99. The monoisotopic (exact) mass is 485 g/mol. The maximum atomic E-state index is 12.4. The lowest BCUT2D eigenvalue weighted by Crippen LogP contribution is -2.41. The van der Waals surface area contributed by atoms with Gasteiger partial charge in [0.25, 0.3) is 11.8 Å². The number of rotatable bonds is 8. The van der Waals surface area contributed by atoms with Gasteiger partial charge in [-0.1, -0.05) is 49.6 Å². The molecule has 3 N–H and O–H groups in total. The van der Waals surface area contributed by atoms with Gasteiger partial charge in [0.1, 0.15) is 5.75 Å². The quantitative estimate of drug-likeness (QED) is 0.395. The van der Waals surface area contributed by atoms with E-state index in [4.69, 9.17) is 4.74 Å². The second-order valence-corrected chi connectivity index (χ2v) is 8.92. The van der Waals surface area contributed by atoms with Crippen LogP contribution in [0.3, 0.4) is 0 Å². The van der Waals surface area contributed by atoms with Crippen LogP contribution in [-0.4, -0.2) is 24.3 Å². The summed E-state index contributed by atoms with van der Waals surface area (Å²) in [5.41, 5.74) is 7.45. The number of nitrogens with one attached hydrogen (secondary N) is 3. The first kappa shape index (κ1) is 25.0. The van der Waals surface area contributed by atoms with Crippen LogP contribution in [-0.2, 0) is 11.2 Å². The molecule has 1 fully saturated rings. The minimum absolute atomic E-state index is 0.0341. The van der Waals surface area contributed by atoms with Gasteiger partial charge in [0.05, 0.1) is 6.61 Å². The van der Waals surface area contributed by atoms with Gasteiger partial charge in [0, 0.05) is 29.2 Å². The SMILES string of the molecule is O=C(NNC(=O)c1ccc(OCCc2ccccc2)cc1)c1ccc(NC(=O)C2CCCCC2)cc1. The molecule has 1 aliphatic carbocycles. The van der Waals surface area contributed by atoms with E-state index in [1.165, 1.54) is 12.0 Å². The van der Waals surface area contributed by atoms with Crippen molar-refractivity contribution in [2.45, 2.75) is 38.5 Å². The zero-order valence-electron chi connectivity index (χ0n) is 20.2. The molecular formula is C29H31N3O4. The van der Waals surface area contributed by atoms with E-state index in [1.807, 2.05) is 18.2 Å². The Morgan fingerprint density at radius 1 is 0.722 bits per heavy atom. The molecule has 7 nitrogen and oxygen atoms in total. The first-order valence-corrected chi connectivity index (χ1v) is 12.4. The van der Waals surface area contributed by atoms with Gasteiger partial charge in [-0.15, -0.1) is 0 Å². The molecule has 186 valence electrons. The fourth-order valence-corrected chi connectivity index (χ4v) is 4.21. The highest BCUT2D eigenvalue weighted by Gasteiger charge is 2.21. The van der Waals surface area contributed by atoms with Crippen molar-refractivity contribution in [3.05, 3.63) is 95.6 Å². The number of hydrogen-bond donors (Lipinski definition) is 3. The molecule has 0 heterocycles. The predicted molar refractivity (Wildman–Crippen MR) is 139 cm³/mol. The fraction of sp³-hybridized carbons (Fsp3) is 0.276. The standard InChI is InChI=1S/C29H31N3O4/c33-27(22-9-5-2-6-10-22)30-25-15-11-23(12-16-25)28(34)31-32-29(35)24-13-17-26(18-14-24)36-20-19-21-7-3-1-4-8-21/h1,3-4,7-8,11-18,22H,2,5-6,9-10,19-20H2,(H,30,33)(H,31,34)(H,32,35). The zero-order chi connectivity index (χ0) is 25.2. The Kier molecular flexibility index (Phi) is 8.70. The fourth-order valence-electron chi connectivity index (χ4n) is 4.21. The van der Waals surface area contributed by atoms with Gasteiger partial charge in [-0.2, -0.15) is 0 Å². The Morgan fingerprint density at radius 2 is 1.31 bits per heavy atom. The van der Waals surface area contributed by atoms with Crippen molar-refractivity contribution >= 4 is 23.4 Å². The Labute approximate surface area is 211 Å². The molecule has 4 rings (SSSR count). The van der Waals surface area contributed by atoms with E-state index >= 15 is 0 Å². The summed E-state index contributed by atoms with van der Waals surface area (Å²) in [5.74, 6) is -0.120. The average Bonchev–Trinajstić information content (AvgIpc) is 2.93. The van der Waals surface area contributed by atoms with E-state index in [-0.39, 0.29) is 11.8 Å². The normalized spacial score (nSPS) is 13.4. The maximum absolute atomic E-state index is 12.4. The molecule has 0 radical (unpaired) electrons. The summed E-state index contributed by atoms with van der Waals surface area (Å²) in [7, 11) is 0. The Balaban J connectivity index is 1.20. The zero-order valence-corrected chi connectivity index (χ0v) is 20.2. The van der Waals surface area contributed by atoms with Crippen molar-refractivity contribution in [1.29, 1.82) is 0 Å². The second kappa shape index (κ2) is 12.5. The van der Waals surface area contributed by atoms with Gasteiger partial charge >= 0.3 is 0 Å². The summed E-state index contributed by atoms with van der Waals surface area (Å²) in [6.07, 6.45) is 6.03. The molecule has 1 aliphatic rings. The molecule has 1 saturated carbocycles. The number of hydrazine groups is 1. The van der Waals surface area contributed by atoms with Crippen LogP contribution in [0.2, 0.25) is 0 Å². The minimum atomic E-state index is -0.450. The molecule has 0 saturated heterocycles. The van der Waals surface area contributed by atoms with Gasteiger partial charge in [0.15, 0.2) is 0 Å². The van der Waals surface area contributed by atoms with Crippen LogP contribution in [0.1, 0.15) is 58.4 Å². The van der Waals surface area contributed by atoms with Crippen LogP contribution in [0.4, 0.5) is 5.69 Å². The molecule has 0 bridgehead atoms. The number of carbonyl (C=O) groups excluding carboxylic acids is 3. The lowest BCUT2D eigenvalue weighted by Gasteiger charge is -2.20. The molecular weight excluding hydrogens is 454 g/mol. The minimum Gasteiger partial charge on any atom is -0.493 e. The Morgan fingerprint density at radius 3 is 1.92 bits per heavy atom. The van der Waals surface area contributed by atoms with Crippen LogP contribution in [0.5, 0.6) is 5.75 Å². The predicted octanol–water partition coefficient (Wildman–Crippen LogP) is 4.90. The first-order chi connectivity index (χ1) is 17.6. The largest absolute Gasteiger partial charge is 0.493 e. The molecule has 0 unspecified atom stereocenters. The van der Waals surface area contributed by atoms with Crippen LogP contribution < -0.4 is 20.9 Å². The molecule has 3 aromatic carbocycles. The maximum Gasteiger partial charge on any atom is 0.269 e. The molecule has 7 heteroatoms. The van der Waals surface area contributed by atoms with E-state index < -0.39 is 11.8 Å². The van der Waals surface area contributed by atoms with Crippen LogP contribution in [0.25, 0.3) is 0 Å². The van der Waals surface area contributed by atoms with Crippen molar-refractivity contribution in [3.63, 3.8) is 0 Å². The Bertz CT molecular complexity index is 1160. The average molecular weight is 486 g/mol. The number of benzene rings is 3. The van der Waals surface area contributed by atoms with Crippen molar-refractivity contribution in [3.8, 4) is 5.75 Å². The number of carbonyl (C=O) groups is 3. The van der Waals surface area contributed by atoms with Crippen LogP contribution in [0, 0.1) is 5.92 Å². The van der Waals surface area contributed by atoms with Gasteiger partial charge in [-0.05, 0) is 66.9 Å². The molecule has 0 atom stereocenters. The topological polar surface area (TPSA) is 96.5 Å². The van der Waals surface area contributed by atoms with Crippen molar-refractivity contribution in [1.82, 2.24) is 10.9 Å². The number of ether oxygens (including phenoxy) is 1. The molecule has 3 aromatic rings. The van der Waals surface area contributed by atoms with Gasteiger partial charge in [-0.3, -0.25) is 25.2 Å². The molecule has 0 aliphatic heterocycles. The first-order valence-electron chi connectivity index (χ1n) is 12.4. The lowest BCUT2D eigenvalue weighted by molar-refractivity contribution is -0.120. The summed E-state index contributed by atoms with van der Waals surface area (Å²) < 4.78 is 5.74. The highest BCUT2D eigenvalue weighted by Crippen LogP contribution is 2.25. The van der Waals surface area contributed by atoms with Crippen molar-refractivity contribution in [2.24, 2.45) is 5.92 Å². The Hall–Kier alpha value is -4.13.